The molecule has 4 rings (SSSR count). The van der Waals surface area contributed by atoms with Crippen molar-refractivity contribution in [1.82, 2.24) is 4.57 Å². The van der Waals surface area contributed by atoms with E-state index in [9.17, 15) is 5.11 Å². The van der Waals surface area contributed by atoms with Crippen molar-refractivity contribution in [3.63, 3.8) is 0 Å². The fourth-order valence-electron chi connectivity index (χ4n) is 4.04. The average molecular weight is 448 g/mol. The van der Waals surface area contributed by atoms with Crippen molar-refractivity contribution in [3.05, 3.63) is 83.7 Å². The normalized spacial score (nSPS) is 11.2. The van der Waals surface area contributed by atoms with E-state index in [2.05, 4.69) is 6.92 Å². The molecule has 1 N–H and O–H groups in total. The minimum Gasteiger partial charge on any atom is -0.497 e. The lowest BCUT2D eigenvalue weighted by molar-refractivity contribution is 0.299. The highest BCUT2D eigenvalue weighted by atomic mass is 19.1. The summed E-state index contributed by atoms with van der Waals surface area (Å²) in [6.07, 6.45) is 2.63. The molecule has 3 aromatic carbocycles. The molecule has 0 atom stereocenters. The van der Waals surface area contributed by atoms with Crippen molar-refractivity contribution < 1.29 is 19.0 Å². The quantitative estimate of drug-likeness (QED) is 0.294. The second kappa shape index (κ2) is 10.5. The molecule has 0 unspecified atom stereocenters. The molecule has 1 aromatic heterocycles. The third-order valence-electron chi connectivity index (χ3n) is 5.87. The molecule has 0 saturated heterocycles. The zero-order valence-corrected chi connectivity index (χ0v) is 19.2. The number of unbranched alkanes of at least 4 members (excludes halogenated alkanes) is 1. The zero-order valence-electron chi connectivity index (χ0n) is 19.2. The van der Waals surface area contributed by atoms with Gasteiger partial charge in [0.25, 0.3) is 0 Å². The number of hydrogen-bond acceptors (Lipinski definition) is 3. The number of hydrogen-bond donors (Lipinski definition) is 1. The molecule has 172 valence electrons. The van der Waals surface area contributed by atoms with Gasteiger partial charge >= 0.3 is 0 Å². The molecule has 0 amide bonds. The first-order valence-electron chi connectivity index (χ1n) is 11.4. The largest absolute Gasteiger partial charge is 0.497 e. The van der Waals surface area contributed by atoms with E-state index in [1.165, 1.54) is 0 Å². The van der Waals surface area contributed by atoms with Crippen LogP contribution in [0, 0.1) is 5.82 Å². The van der Waals surface area contributed by atoms with Crippen LogP contribution in [0.25, 0.3) is 22.2 Å². The predicted molar refractivity (Wildman–Crippen MR) is 131 cm³/mol. The van der Waals surface area contributed by atoms with E-state index in [-0.39, 0.29) is 12.4 Å². The Hall–Kier alpha value is -3.31. The molecule has 0 fully saturated rings. The van der Waals surface area contributed by atoms with Gasteiger partial charge in [-0.2, -0.15) is 0 Å². The molecule has 0 aliphatic carbocycles. The molecule has 0 aliphatic rings. The molecule has 4 aromatic rings. The van der Waals surface area contributed by atoms with Crippen LogP contribution >= 0.6 is 0 Å². The highest BCUT2D eigenvalue weighted by Crippen LogP contribution is 2.36. The first-order valence-corrected chi connectivity index (χ1v) is 11.4. The second-order valence-corrected chi connectivity index (χ2v) is 8.15. The van der Waals surface area contributed by atoms with Crippen LogP contribution in [-0.4, -0.2) is 30.0 Å². The average Bonchev–Trinajstić information content (AvgIpc) is 3.11. The fourth-order valence-corrected chi connectivity index (χ4v) is 4.04. The summed E-state index contributed by atoms with van der Waals surface area (Å²) in [4.78, 5) is 0. The minimum absolute atomic E-state index is 0.122. The van der Waals surface area contributed by atoms with Gasteiger partial charge in [-0.25, -0.2) is 4.39 Å². The first kappa shape index (κ1) is 22.9. The van der Waals surface area contributed by atoms with Gasteiger partial charge in [-0.15, -0.1) is 0 Å². The lowest BCUT2D eigenvalue weighted by Crippen LogP contribution is -2.03. The van der Waals surface area contributed by atoms with E-state index in [0.717, 1.165) is 40.8 Å². The number of benzene rings is 3. The van der Waals surface area contributed by atoms with Crippen molar-refractivity contribution >= 4 is 10.9 Å². The number of methoxy groups -OCH3 is 1. The highest BCUT2D eigenvalue weighted by Gasteiger charge is 2.20. The molecular weight excluding hydrogens is 417 g/mol. The molecule has 1 heterocycles. The Balaban J connectivity index is 1.78. The van der Waals surface area contributed by atoms with Gasteiger partial charge < -0.3 is 19.1 Å². The maximum absolute atomic E-state index is 15.9. The van der Waals surface area contributed by atoms with Crippen LogP contribution in [-0.2, 0) is 13.0 Å². The third-order valence-corrected chi connectivity index (χ3v) is 5.87. The monoisotopic (exact) mass is 447 g/mol. The molecule has 0 spiro atoms. The van der Waals surface area contributed by atoms with Gasteiger partial charge in [0.2, 0.25) is 0 Å². The van der Waals surface area contributed by atoms with Crippen molar-refractivity contribution in [2.24, 2.45) is 0 Å². The number of aromatic nitrogens is 1. The second-order valence-electron chi connectivity index (χ2n) is 8.15. The molecule has 0 radical (unpaired) electrons. The van der Waals surface area contributed by atoms with Crippen molar-refractivity contribution in [2.45, 2.75) is 32.7 Å². The van der Waals surface area contributed by atoms with Gasteiger partial charge in [-0.3, -0.25) is 0 Å². The Morgan fingerprint density at radius 2 is 1.61 bits per heavy atom. The zero-order chi connectivity index (χ0) is 23.2. The first-order chi connectivity index (χ1) is 16.1. The summed E-state index contributed by atoms with van der Waals surface area (Å²) in [6.45, 7) is 3.38. The van der Waals surface area contributed by atoms with Crippen LogP contribution in [0.15, 0.2) is 66.7 Å². The summed E-state index contributed by atoms with van der Waals surface area (Å²) < 4.78 is 29.0. The van der Waals surface area contributed by atoms with Gasteiger partial charge in [0.1, 0.15) is 11.5 Å². The number of fused-ring (bicyclic) bond motifs is 1. The number of nitrogens with zero attached hydrogens (tertiary/aromatic N) is 1. The Kier molecular flexibility index (Phi) is 7.30. The van der Waals surface area contributed by atoms with Gasteiger partial charge in [-0.1, -0.05) is 37.6 Å². The smallest absolute Gasteiger partial charge is 0.156 e. The predicted octanol–water partition coefficient (Wildman–Crippen LogP) is 6.22. The maximum atomic E-state index is 15.9. The summed E-state index contributed by atoms with van der Waals surface area (Å²) >= 11 is 0. The van der Waals surface area contributed by atoms with E-state index in [0.29, 0.717) is 36.4 Å². The van der Waals surface area contributed by atoms with Crippen LogP contribution in [0.2, 0.25) is 0 Å². The molecule has 4 nitrogen and oxygen atoms in total. The molecule has 5 heteroatoms. The standard InChI is InChI=1S/C28H30FNO3/c1-3-4-17-33-24-13-14-26-25(18-24)27(29)28(22-9-11-23(32-2)12-10-22)30(26)19-21-7-5-20(6-8-21)15-16-31/h5-14,18,31H,3-4,15-17,19H2,1-2H3. The highest BCUT2D eigenvalue weighted by molar-refractivity contribution is 5.89. The van der Waals surface area contributed by atoms with Crippen LogP contribution in [0.5, 0.6) is 11.5 Å². The SMILES string of the molecule is CCCCOc1ccc2c(c1)c(F)c(-c1ccc(OC)cc1)n2Cc1ccc(CCO)cc1. The summed E-state index contributed by atoms with van der Waals surface area (Å²) in [6, 6.07) is 21.2. The van der Waals surface area contributed by atoms with Crippen LogP contribution in [0.1, 0.15) is 30.9 Å². The summed E-state index contributed by atoms with van der Waals surface area (Å²) in [5.74, 6) is 1.16. The maximum Gasteiger partial charge on any atom is 0.156 e. The van der Waals surface area contributed by atoms with E-state index in [4.69, 9.17) is 9.47 Å². The Labute approximate surface area is 194 Å². The molecule has 0 aliphatic heterocycles. The number of rotatable bonds is 10. The van der Waals surface area contributed by atoms with Crippen molar-refractivity contribution in [3.8, 4) is 22.8 Å². The minimum atomic E-state index is -0.256. The van der Waals surface area contributed by atoms with Gasteiger partial charge in [-0.05, 0) is 66.4 Å². The number of aliphatic hydroxyl groups excluding tert-OH is 1. The van der Waals surface area contributed by atoms with Crippen molar-refractivity contribution in [1.29, 1.82) is 0 Å². The van der Waals surface area contributed by atoms with E-state index in [1.807, 2.05) is 65.2 Å². The Morgan fingerprint density at radius 1 is 0.909 bits per heavy atom. The summed E-state index contributed by atoms with van der Waals surface area (Å²) in [7, 11) is 1.62. The van der Waals surface area contributed by atoms with E-state index < -0.39 is 0 Å². The van der Waals surface area contributed by atoms with Crippen LogP contribution in [0.3, 0.4) is 0 Å². The van der Waals surface area contributed by atoms with Gasteiger partial charge in [0.15, 0.2) is 5.82 Å². The molecule has 0 bridgehead atoms. The van der Waals surface area contributed by atoms with Gasteiger partial charge in [0, 0.05) is 24.1 Å². The number of halogens is 1. The number of ether oxygens (including phenoxy) is 2. The Morgan fingerprint density at radius 3 is 2.27 bits per heavy atom. The van der Waals surface area contributed by atoms with Crippen LogP contribution < -0.4 is 9.47 Å². The summed E-state index contributed by atoms with van der Waals surface area (Å²) in [5, 5.41) is 9.72. The van der Waals surface area contributed by atoms with E-state index >= 15 is 4.39 Å². The fraction of sp³-hybridized carbons (Fsp3) is 0.286. The molecular formula is C28H30FNO3. The lowest BCUT2D eigenvalue weighted by Gasteiger charge is -2.13. The third kappa shape index (κ3) is 5.04. The topological polar surface area (TPSA) is 43.6 Å². The lowest BCUT2D eigenvalue weighted by atomic mass is 10.1. The molecule has 33 heavy (non-hydrogen) atoms. The Bertz CT molecular complexity index is 1200. The van der Waals surface area contributed by atoms with Crippen molar-refractivity contribution in [2.75, 3.05) is 20.3 Å². The summed E-state index contributed by atoms with van der Waals surface area (Å²) in [5.41, 5.74) is 4.29. The van der Waals surface area contributed by atoms with E-state index in [1.54, 1.807) is 13.2 Å². The van der Waals surface area contributed by atoms with Crippen LogP contribution in [0.4, 0.5) is 4.39 Å². The number of aliphatic hydroxyl groups is 1. The molecule has 0 saturated carbocycles. The van der Waals surface area contributed by atoms with Gasteiger partial charge in [0.05, 0.1) is 24.9 Å².